The molecule has 3 rings (SSSR count). The van der Waals surface area contributed by atoms with Crippen molar-refractivity contribution in [3.8, 4) is 23.1 Å². The fourth-order valence-electron chi connectivity index (χ4n) is 2.84. The molecule has 0 spiro atoms. The number of hydrogen-bond donors (Lipinski definition) is 0. The highest BCUT2D eigenvalue weighted by molar-refractivity contribution is 7.92. The van der Waals surface area contributed by atoms with Crippen LogP contribution in [0.5, 0.6) is 11.8 Å². The number of hydrogen-bond acceptors (Lipinski definition) is 9. The van der Waals surface area contributed by atoms with Gasteiger partial charge in [-0.15, -0.1) is 0 Å². The van der Waals surface area contributed by atoms with E-state index in [1.54, 1.807) is 0 Å². The molecule has 32 heavy (non-hydrogen) atoms. The number of nitro benzene ring substituents is 1. The Labute approximate surface area is 187 Å². The Morgan fingerprint density at radius 1 is 1.16 bits per heavy atom. The number of halogens is 1. The largest absolute Gasteiger partial charge is 0.481 e. The van der Waals surface area contributed by atoms with Crippen molar-refractivity contribution >= 4 is 38.9 Å². The fraction of sp³-hybridized carbons (Fsp3) is 0.158. The molecule has 2 aromatic heterocycles. The molecular weight excluding hydrogens is 466 g/mol. The zero-order valence-corrected chi connectivity index (χ0v) is 18.5. The molecule has 0 N–H and O–H groups in total. The first-order chi connectivity index (χ1) is 15.1. The third kappa shape index (κ3) is 4.50. The van der Waals surface area contributed by atoms with Gasteiger partial charge in [0.15, 0.2) is 5.76 Å². The van der Waals surface area contributed by atoms with Gasteiger partial charge in [-0.1, -0.05) is 11.6 Å². The van der Waals surface area contributed by atoms with Crippen molar-refractivity contribution in [2.45, 2.75) is 0 Å². The van der Waals surface area contributed by atoms with Crippen LogP contribution in [0, 0.1) is 10.1 Å². The number of ether oxygens (including phenoxy) is 2. The minimum Gasteiger partial charge on any atom is -0.481 e. The summed E-state index contributed by atoms with van der Waals surface area (Å²) in [7, 11) is -1.55. The molecule has 0 unspecified atom stereocenters. The standard InChI is InChI=1S/C19H16ClN3O8S/c1-29-17-9-6-13(18(21-17)30-2)22(32(3,27)28)19(24)16-8-7-15(31-16)12-5-4-11(20)10-14(12)23(25)26/h4-10H,1-3H3. The first kappa shape index (κ1) is 23.0. The molecule has 168 valence electrons. The van der Waals surface area contributed by atoms with Crippen LogP contribution in [0.2, 0.25) is 5.02 Å². The number of pyridine rings is 1. The van der Waals surface area contributed by atoms with Crippen molar-refractivity contribution in [3.63, 3.8) is 0 Å². The molecule has 0 fully saturated rings. The van der Waals surface area contributed by atoms with Crippen LogP contribution >= 0.6 is 11.6 Å². The Morgan fingerprint density at radius 2 is 1.88 bits per heavy atom. The highest BCUT2D eigenvalue weighted by Gasteiger charge is 2.32. The Kier molecular flexibility index (Phi) is 6.37. The Bertz CT molecular complexity index is 1310. The van der Waals surface area contributed by atoms with Gasteiger partial charge in [-0.2, -0.15) is 9.29 Å². The Morgan fingerprint density at radius 3 is 2.47 bits per heavy atom. The zero-order chi connectivity index (χ0) is 23.6. The van der Waals surface area contributed by atoms with E-state index in [0.29, 0.717) is 4.31 Å². The van der Waals surface area contributed by atoms with Gasteiger partial charge in [0.2, 0.25) is 21.8 Å². The minimum absolute atomic E-state index is 0.0232. The van der Waals surface area contributed by atoms with Crippen LogP contribution in [-0.4, -0.2) is 44.7 Å². The van der Waals surface area contributed by atoms with Gasteiger partial charge >= 0.3 is 5.91 Å². The summed E-state index contributed by atoms with van der Waals surface area (Å²) in [6, 6.07) is 9.08. The molecule has 0 radical (unpaired) electrons. The maximum Gasteiger partial charge on any atom is 0.307 e. The average Bonchev–Trinajstić information content (AvgIpc) is 3.23. The third-order valence-electron chi connectivity index (χ3n) is 4.19. The molecule has 0 bridgehead atoms. The first-order valence-electron chi connectivity index (χ1n) is 8.74. The van der Waals surface area contributed by atoms with Crippen LogP contribution in [-0.2, 0) is 10.0 Å². The number of rotatable bonds is 7. The van der Waals surface area contributed by atoms with E-state index in [-0.39, 0.29) is 45.2 Å². The SMILES string of the molecule is COc1ccc(N(C(=O)c2ccc(-c3ccc(Cl)cc3[N+](=O)[O-])o2)S(C)(=O)=O)c(OC)n1. The second-order valence-corrected chi connectivity index (χ2v) is 8.56. The summed E-state index contributed by atoms with van der Waals surface area (Å²) in [6.07, 6.45) is 0.822. The van der Waals surface area contributed by atoms with Gasteiger partial charge in [-0.3, -0.25) is 14.9 Å². The molecule has 1 aromatic carbocycles. The predicted octanol–water partition coefficient (Wildman–Crippen LogP) is 3.53. The molecular formula is C19H16ClN3O8S. The van der Waals surface area contributed by atoms with E-state index in [1.807, 2.05) is 0 Å². The smallest absolute Gasteiger partial charge is 0.307 e. The second-order valence-electron chi connectivity index (χ2n) is 6.30. The van der Waals surface area contributed by atoms with E-state index in [0.717, 1.165) is 12.3 Å². The number of nitro groups is 1. The van der Waals surface area contributed by atoms with Gasteiger partial charge in [0, 0.05) is 17.2 Å². The average molecular weight is 482 g/mol. The lowest BCUT2D eigenvalue weighted by Crippen LogP contribution is -2.36. The summed E-state index contributed by atoms with van der Waals surface area (Å²) >= 11 is 5.82. The number of amides is 1. The van der Waals surface area contributed by atoms with E-state index < -0.39 is 20.9 Å². The lowest BCUT2D eigenvalue weighted by molar-refractivity contribution is -0.384. The van der Waals surface area contributed by atoms with E-state index in [2.05, 4.69) is 4.98 Å². The van der Waals surface area contributed by atoms with Crippen LogP contribution in [0.25, 0.3) is 11.3 Å². The topological polar surface area (TPSA) is 142 Å². The highest BCUT2D eigenvalue weighted by Crippen LogP contribution is 2.35. The van der Waals surface area contributed by atoms with E-state index >= 15 is 0 Å². The molecule has 3 aromatic rings. The number of carbonyl (C=O) groups is 1. The van der Waals surface area contributed by atoms with Crippen molar-refractivity contribution in [2.24, 2.45) is 0 Å². The molecule has 1 amide bonds. The fourth-order valence-corrected chi connectivity index (χ4v) is 3.89. The van der Waals surface area contributed by atoms with Gasteiger partial charge in [-0.05, 0) is 30.3 Å². The van der Waals surface area contributed by atoms with E-state index in [4.69, 9.17) is 25.5 Å². The van der Waals surface area contributed by atoms with Crippen molar-refractivity contribution in [3.05, 3.63) is 63.4 Å². The second kappa shape index (κ2) is 8.85. The van der Waals surface area contributed by atoms with E-state index in [1.165, 1.54) is 50.6 Å². The monoisotopic (exact) mass is 481 g/mol. The van der Waals surface area contributed by atoms with Crippen LogP contribution in [0.15, 0.2) is 46.9 Å². The van der Waals surface area contributed by atoms with Crippen LogP contribution in [0.4, 0.5) is 11.4 Å². The molecule has 13 heteroatoms. The van der Waals surface area contributed by atoms with Gasteiger partial charge in [0.1, 0.15) is 11.4 Å². The molecule has 0 aliphatic rings. The Hall–Kier alpha value is -3.64. The van der Waals surface area contributed by atoms with Gasteiger partial charge < -0.3 is 13.9 Å². The number of benzene rings is 1. The number of nitrogens with zero attached hydrogens (tertiary/aromatic N) is 3. The van der Waals surface area contributed by atoms with Crippen molar-refractivity contribution in [1.82, 2.24) is 4.98 Å². The van der Waals surface area contributed by atoms with Gasteiger partial charge in [0.25, 0.3) is 5.69 Å². The third-order valence-corrected chi connectivity index (χ3v) is 5.45. The molecule has 0 aliphatic heterocycles. The predicted molar refractivity (Wildman–Crippen MR) is 115 cm³/mol. The molecule has 11 nitrogen and oxygen atoms in total. The summed E-state index contributed by atoms with van der Waals surface area (Å²) in [5.74, 6) is -1.50. The van der Waals surface area contributed by atoms with Gasteiger partial charge in [-0.25, -0.2) is 8.42 Å². The maximum atomic E-state index is 13.1. The summed E-state index contributed by atoms with van der Waals surface area (Å²) in [5, 5.41) is 11.5. The van der Waals surface area contributed by atoms with Gasteiger partial charge in [0.05, 0.1) is 31.0 Å². The van der Waals surface area contributed by atoms with Crippen LogP contribution in [0.3, 0.4) is 0 Å². The lowest BCUT2D eigenvalue weighted by Gasteiger charge is -2.21. The number of aromatic nitrogens is 1. The molecule has 2 heterocycles. The van der Waals surface area contributed by atoms with E-state index in [9.17, 15) is 23.3 Å². The normalized spacial score (nSPS) is 11.1. The number of sulfonamides is 1. The summed E-state index contributed by atoms with van der Waals surface area (Å²) in [5.41, 5.74) is -0.448. The number of methoxy groups -OCH3 is 2. The maximum absolute atomic E-state index is 13.1. The minimum atomic E-state index is -4.16. The van der Waals surface area contributed by atoms with Crippen LogP contribution < -0.4 is 13.8 Å². The number of anilines is 1. The highest BCUT2D eigenvalue weighted by atomic mass is 35.5. The number of furan rings is 1. The summed E-state index contributed by atoms with van der Waals surface area (Å²) in [4.78, 5) is 27.8. The summed E-state index contributed by atoms with van der Waals surface area (Å²) < 4.78 is 41.0. The summed E-state index contributed by atoms with van der Waals surface area (Å²) in [6.45, 7) is 0. The number of carbonyl (C=O) groups excluding carboxylic acids is 1. The molecule has 0 atom stereocenters. The molecule has 0 saturated heterocycles. The van der Waals surface area contributed by atoms with Crippen LogP contribution in [0.1, 0.15) is 10.6 Å². The zero-order valence-electron chi connectivity index (χ0n) is 16.9. The lowest BCUT2D eigenvalue weighted by atomic mass is 10.1. The molecule has 0 aliphatic carbocycles. The quantitative estimate of drug-likeness (QED) is 0.365. The van der Waals surface area contributed by atoms with Crippen molar-refractivity contribution < 1.29 is 32.0 Å². The first-order valence-corrected chi connectivity index (χ1v) is 11.0. The van der Waals surface area contributed by atoms with Crippen molar-refractivity contribution in [1.29, 1.82) is 0 Å². The Balaban J connectivity index is 2.08. The van der Waals surface area contributed by atoms with Crippen molar-refractivity contribution in [2.75, 3.05) is 24.8 Å². The molecule has 0 saturated carbocycles.